The summed E-state index contributed by atoms with van der Waals surface area (Å²) in [7, 11) is 1.81. The number of carbonyl (C=O) groups excluding carboxylic acids is 1. The molecule has 0 spiro atoms. The van der Waals surface area contributed by atoms with E-state index >= 15 is 0 Å². The molecule has 1 heterocycles. The highest BCUT2D eigenvalue weighted by atomic mass is 35.5. The maximum absolute atomic E-state index is 13.0. The minimum Gasteiger partial charge on any atom is -0.475 e. The minimum atomic E-state index is -4.41. The zero-order valence-electron chi connectivity index (χ0n) is 22.4. The van der Waals surface area contributed by atoms with Crippen LogP contribution in [0.15, 0.2) is 48.5 Å². The summed E-state index contributed by atoms with van der Waals surface area (Å²) in [5, 5.41) is 8.37. The molecule has 206 valence electrons. The molecule has 6 nitrogen and oxygen atoms in total. The van der Waals surface area contributed by atoms with Gasteiger partial charge in [-0.05, 0) is 77.1 Å². The largest absolute Gasteiger partial charge is 0.475 e. The van der Waals surface area contributed by atoms with Crippen LogP contribution < -0.4 is 10.1 Å². The predicted molar refractivity (Wildman–Crippen MR) is 141 cm³/mol. The second kappa shape index (κ2) is 11.4. The first-order chi connectivity index (χ1) is 17.8. The fourth-order valence-corrected chi connectivity index (χ4v) is 4.33. The molecule has 0 amide bonds. The van der Waals surface area contributed by atoms with Gasteiger partial charge in [0, 0.05) is 12.1 Å². The summed E-state index contributed by atoms with van der Waals surface area (Å²) in [6.07, 6.45) is -3.60. The molecule has 1 aromatic heterocycles. The number of benzene rings is 2. The van der Waals surface area contributed by atoms with Crippen molar-refractivity contribution in [3.8, 4) is 17.0 Å². The number of rotatable bonds is 10. The van der Waals surface area contributed by atoms with Gasteiger partial charge in [-0.3, -0.25) is 4.68 Å². The van der Waals surface area contributed by atoms with E-state index in [1.807, 2.05) is 37.7 Å². The summed E-state index contributed by atoms with van der Waals surface area (Å²) < 4.78 is 51.9. The van der Waals surface area contributed by atoms with Gasteiger partial charge in [0.2, 0.25) is 0 Å². The number of nitrogens with one attached hydrogen (secondary N) is 1. The van der Waals surface area contributed by atoms with E-state index in [0.29, 0.717) is 28.6 Å². The van der Waals surface area contributed by atoms with Crippen LogP contribution in [0.5, 0.6) is 5.75 Å². The van der Waals surface area contributed by atoms with Crippen molar-refractivity contribution in [2.24, 2.45) is 0 Å². The molecule has 1 atom stereocenters. The van der Waals surface area contributed by atoms with E-state index in [1.54, 1.807) is 32.9 Å². The Morgan fingerprint density at radius 1 is 1.03 bits per heavy atom. The zero-order chi connectivity index (χ0) is 28.3. The molecule has 0 saturated carbocycles. The highest BCUT2D eigenvalue weighted by molar-refractivity contribution is 6.32. The lowest BCUT2D eigenvalue weighted by atomic mass is 9.88. The number of esters is 1. The highest BCUT2D eigenvalue weighted by Gasteiger charge is 2.35. The van der Waals surface area contributed by atoms with Crippen LogP contribution in [0.2, 0.25) is 5.02 Å². The van der Waals surface area contributed by atoms with Crippen LogP contribution >= 0.6 is 11.6 Å². The maximum Gasteiger partial charge on any atom is 0.416 e. The van der Waals surface area contributed by atoms with Crippen LogP contribution in [0.25, 0.3) is 11.3 Å². The third kappa shape index (κ3) is 6.15. The number of halogens is 4. The number of alkyl halides is 3. The highest BCUT2D eigenvalue weighted by Crippen LogP contribution is 2.37. The molecule has 3 aromatic rings. The molecule has 0 aliphatic heterocycles. The van der Waals surface area contributed by atoms with Crippen molar-refractivity contribution < 1.29 is 27.4 Å². The van der Waals surface area contributed by atoms with Gasteiger partial charge in [-0.25, -0.2) is 4.79 Å². The Labute approximate surface area is 226 Å². The van der Waals surface area contributed by atoms with E-state index in [1.165, 1.54) is 12.1 Å². The quantitative estimate of drug-likeness (QED) is 0.280. The number of ether oxygens (including phenoxy) is 2. The van der Waals surface area contributed by atoms with Crippen LogP contribution in [-0.2, 0) is 27.8 Å². The molecule has 1 unspecified atom stereocenters. The van der Waals surface area contributed by atoms with Gasteiger partial charge in [0.1, 0.15) is 5.75 Å². The Hall–Kier alpha value is -3.04. The minimum absolute atomic E-state index is 0.235. The third-order valence-electron chi connectivity index (χ3n) is 6.38. The molecule has 0 saturated heterocycles. The molecule has 0 aliphatic carbocycles. The molecule has 3 rings (SSSR count). The second-order valence-electron chi connectivity index (χ2n) is 9.57. The molecular formula is C28H33ClF3N3O3. The van der Waals surface area contributed by atoms with Crippen molar-refractivity contribution in [1.29, 1.82) is 0 Å². The predicted octanol–water partition coefficient (Wildman–Crippen LogP) is 6.84. The number of aromatic nitrogens is 2. The zero-order valence-corrected chi connectivity index (χ0v) is 23.1. The number of hydrogen-bond acceptors (Lipinski definition) is 5. The summed E-state index contributed by atoms with van der Waals surface area (Å²) in [5.74, 6) is -0.168. The Kier molecular flexibility index (Phi) is 8.83. The maximum atomic E-state index is 13.0. The molecule has 0 fully saturated rings. The van der Waals surface area contributed by atoms with E-state index in [-0.39, 0.29) is 6.61 Å². The van der Waals surface area contributed by atoms with Crippen LogP contribution in [0.3, 0.4) is 0 Å². The number of nitrogens with zero attached hydrogens (tertiary/aromatic N) is 2. The smallest absolute Gasteiger partial charge is 0.416 e. The summed E-state index contributed by atoms with van der Waals surface area (Å²) in [4.78, 5) is 12.3. The van der Waals surface area contributed by atoms with Gasteiger partial charge in [-0.2, -0.15) is 18.3 Å². The first-order valence-electron chi connectivity index (χ1n) is 12.4. The van der Waals surface area contributed by atoms with E-state index in [9.17, 15) is 18.0 Å². The third-order valence-corrected chi connectivity index (χ3v) is 6.67. The Morgan fingerprint density at radius 3 is 2.18 bits per heavy atom. The summed E-state index contributed by atoms with van der Waals surface area (Å²) in [6, 6.07) is 12.1. The van der Waals surface area contributed by atoms with Crippen LogP contribution in [0, 0.1) is 0 Å². The van der Waals surface area contributed by atoms with Gasteiger partial charge in [-0.1, -0.05) is 36.7 Å². The number of hydrogen-bond donors (Lipinski definition) is 1. The van der Waals surface area contributed by atoms with Gasteiger partial charge in [0.25, 0.3) is 0 Å². The SMILES string of the molecule is CCCn1nc(-c2ccc(C(F)(F)F)cc2)cc1C(C)(NC)c1ccc(OC(C)(C)C(=O)OCC)c(Cl)c1. The molecule has 1 N–H and O–H groups in total. The van der Waals surface area contributed by atoms with E-state index in [2.05, 4.69) is 5.32 Å². The van der Waals surface area contributed by atoms with Gasteiger partial charge < -0.3 is 14.8 Å². The monoisotopic (exact) mass is 551 g/mol. The first kappa shape index (κ1) is 29.5. The van der Waals surface area contributed by atoms with Gasteiger partial charge in [0.15, 0.2) is 5.60 Å². The molecular weight excluding hydrogens is 519 g/mol. The lowest BCUT2D eigenvalue weighted by Gasteiger charge is -2.31. The molecule has 0 aliphatic rings. The fraction of sp³-hybridized carbons (Fsp3) is 0.429. The van der Waals surface area contributed by atoms with Crippen LogP contribution in [-0.4, -0.2) is 35.0 Å². The number of carbonyl (C=O) groups is 1. The Balaban J connectivity index is 2.01. The van der Waals surface area contributed by atoms with Crippen molar-refractivity contribution in [3.63, 3.8) is 0 Å². The standard InChI is InChI=1S/C28H33ClF3N3O3/c1-7-15-35-24(17-22(34-35)18-9-11-19(12-10-18)28(30,31)32)27(5,33-6)20-13-14-23(21(29)16-20)38-26(3,4)25(36)37-8-2/h9-14,16-17,33H,7-8,15H2,1-6H3. The summed E-state index contributed by atoms with van der Waals surface area (Å²) >= 11 is 6.60. The lowest BCUT2D eigenvalue weighted by molar-refractivity contribution is -0.158. The van der Waals surface area contributed by atoms with E-state index in [0.717, 1.165) is 29.8 Å². The molecule has 0 radical (unpaired) electrons. The van der Waals surface area contributed by atoms with E-state index < -0.39 is 28.8 Å². The van der Waals surface area contributed by atoms with Crippen molar-refractivity contribution in [1.82, 2.24) is 15.1 Å². The fourth-order valence-electron chi connectivity index (χ4n) is 4.11. The van der Waals surface area contributed by atoms with Crippen molar-refractivity contribution in [2.75, 3.05) is 13.7 Å². The molecule has 2 aromatic carbocycles. The second-order valence-corrected chi connectivity index (χ2v) is 9.97. The van der Waals surface area contributed by atoms with Crippen molar-refractivity contribution >= 4 is 17.6 Å². The Bertz CT molecular complexity index is 1270. The average Bonchev–Trinajstić information content (AvgIpc) is 3.29. The van der Waals surface area contributed by atoms with Gasteiger partial charge in [-0.15, -0.1) is 0 Å². The van der Waals surface area contributed by atoms with Crippen molar-refractivity contribution in [2.45, 2.75) is 64.9 Å². The lowest BCUT2D eigenvalue weighted by Crippen LogP contribution is -2.41. The molecule has 0 bridgehead atoms. The molecule has 38 heavy (non-hydrogen) atoms. The van der Waals surface area contributed by atoms with Gasteiger partial charge in [0.05, 0.1) is 34.1 Å². The first-order valence-corrected chi connectivity index (χ1v) is 12.8. The summed E-state index contributed by atoms with van der Waals surface area (Å²) in [6.45, 7) is 9.78. The van der Waals surface area contributed by atoms with Crippen LogP contribution in [0.1, 0.15) is 57.9 Å². The van der Waals surface area contributed by atoms with Crippen LogP contribution in [0.4, 0.5) is 13.2 Å². The van der Waals surface area contributed by atoms with Crippen molar-refractivity contribution in [3.05, 3.63) is 70.4 Å². The molecule has 10 heteroatoms. The topological polar surface area (TPSA) is 65.4 Å². The normalized spacial score (nSPS) is 13.7. The average molecular weight is 552 g/mol. The number of aryl methyl sites for hydroxylation is 1. The van der Waals surface area contributed by atoms with Gasteiger partial charge >= 0.3 is 12.1 Å². The summed E-state index contributed by atoms with van der Waals surface area (Å²) in [5.41, 5.74) is 0.0597. The Morgan fingerprint density at radius 2 is 1.66 bits per heavy atom. The van der Waals surface area contributed by atoms with E-state index in [4.69, 9.17) is 26.2 Å².